The van der Waals surface area contributed by atoms with E-state index in [1.54, 1.807) is 35.3 Å². The number of aliphatic hydroxyl groups excluding tert-OH is 1. The van der Waals surface area contributed by atoms with Crippen LogP contribution in [-0.2, 0) is 16.6 Å². The SMILES string of the molecule is CCC(O)CCNS(=O)(=O)c1ccc(C)c(-c2cnc(N)c(-c3cnn(Cc4ccccn4)c3)n2)c1. The summed E-state index contributed by atoms with van der Waals surface area (Å²) in [5.74, 6) is 0.244. The van der Waals surface area contributed by atoms with E-state index in [9.17, 15) is 13.5 Å². The molecule has 4 N–H and O–H groups in total. The van der Waals surface area contributed by atoms with E-state index in [-0.39, 0.29) is 17.3 Å². The Hall–Kier alpha value is -3.67. The zero-order valence-corrected chi connectivity index (χ0v) is 21.0. The van der Waals surface area contributed by atoms with Gasteiger partial charge in [-0.15, -0.1) is 0 Å². The van der Waals surface area contributed by atoms with Crippen LogP contribution in [0.1, 0.15) is 31.0 Å². The molecular weight excluding hydrogens is 478 g/mol. The lowest BCUT2D eigenvalue weighted by atomic mass is 10.1. The third-order valence-electron chi connectivity index (χ3n) is 5.79. The van der Waals surface area contributed by atoms with Crippen LogP contribution in [0.25, 0.3) is 22.5 Å². The van der Waals surface area contributed by atoms with Crippen LogP contribution >= 0.6 is 0 Å². The number of rotatable bonds is 10. The second-order valence-electron chi connectivity index (χ2n) is 8.46. The number of aromatic nitrogens is 5. The lowest BCUT2D eigenvalue weighted by Gasteiger charge is -2.12. The van der Waals surface area contributed by atoms with Crippen molar-refractivity contribution in [2.24, 2.45) is 0 Å². The summed E-state index contributed by atoms with van der Waals surface area (Å²) in [5, 5.41) is 14.1. The topological polar surface area (TPSA) is 149 Å². The first-order valence-electron chi connectivity index (χ1n) is 11.6. The molecule has 4 aromatic rings. The van der Waals surface area contributed by atoms with Crippen molar-refractivity contribution in [3.63, 3.8) is 0 Å². The molecule has 0 bridgehead atoms. The fraction of sp³-hybridized carbons (Fsp3) is 0.280. The number of pyridine rings is 1. The molecule has 0 aliphatic heterocycles. The highest BCUT2D eigenvalue weighted by molar-refractivity contribution is 7.89. The van der Waals surface area contributed by atoms with E-state index in [4.69, 9.17) is 10.7 Å². The molecule has 0 aliphatic carbocycles. The predicted molar refractivity (Wildman–Crippen MR) is 137 cm³/mol. The molecule has 1 atom stereocenters. The van der Waals surface area contributed by atoms with E-state index in [1.165, 1.54) is 6.20 Å². The normalized spacial score (nSPS) is 12.5. The molecule has 0 radical (unpaired) electrons. The molecular formula is C25H29N7O3S. The van der Waals surface area contributed by atoms with Gasteiger partial charge >= 0.3 is 0 Å². The summed E-state index contributed by atoms with van der Waals surface area (Å²) < 4.78 is 29.9. The van der Waals surface area contributed by atoms with Gasteiger partial charge in [0.15, 0.2) is 0 Å². The summed E-state index contributed by atoms with van der Waals surface area (Å²) in [6.45, 7) is 4.36. The van der Waals surface area contributed by atoms with Gasteiger partial charge in [-0.2, -0.15) is 5.10 Å². The summed E-state index contributed by atoms with van der Waals surface area (Å²) in [6.07, 6.45) is 7.11. The summed E-state index contributed by atoms with van der Waals surface area (Å²) in [4.78, 5) is 13.4. The second-order valence-corrected chi connectivity index (χ2v) is 10.2. The molecule has 36 heavy (non-hydrogen) atoms. The maximum atomic E-state index is 12.8. The molecule has 0 amide bonds. The number of nitrogens with one attached hydrogen (secondary N) is 1. The number of nitrogens with zero attached hydrogens (tertiary/aromatic N) is 5. The molecule has 3 aromatic heterocycles. The molecule has 0 saturated heterocycles. The van der Waals surface area contributed by atoms with Crippen LogP contribution in [0.3, 0.4) is 0 Å². The number of aliphatic hydroxyl groups is 1. The van der Waals surface area contributed by atoms with Crippen molar-refractivity contribution < 1.29 is 13.5 Å². The van der Waals surface area contributed by atoms with E-state index in [1.807, 2.05) is 38.2 Å². The Labute approximate surface area is 210 Å². The Kier molecular flexibility index (Phi) is 7.73. The summed E-state index contributed by atoms with van der Waals surface area (Å²) in [7, 11) is -3.76. The number of hydrogen-bond donors (Lipinski definition) is 3. The molecule has 1 unspecified atom stereocenters. The fourth-order valence-electron chi connectivity index (χ4n) is 3.66. The van der Waals surface area contributed by atoms with Crippen LogP contribution in [0.15, 0.2) is 66.1 Å². The lowest BCUT2D eigenvalue weighted by Crippen LogP contribution is -2.27. The highest BCUT2D eigenvalue weighted by Crippen LogP contribution is 2.29. The van der Waals surface area contributed by atoms with Crippen LogP contribution in [0.4, 0.5) is 5.82 Å². The number of anilines is 1. The van der Waals surface area contributed by atoms with E-state index in [2.05, 4.69) is 19.8 Å². The molecule has 0 fully saturated rings. The third kappa shape index (κ3) is 5.93. The number of aryl methyl sites for hydroxylation is 1. The van der Waals surface area contributed by atoms with Gasteiger partial charge in [-0.3, -0.25) is 9.67 Å². The predicted octanol–water partition coefficient (Wildman–Crippen LogP) is 2.78. The van der Waals surface area contributed by atoms with Crippen LogP contribution in [-0.4, -0.2) is 50.9 Å². The smallest absolute Gasteiger partial charge is 0.240 e. The first-order chi connectivity index (χ1) is 17.3. The summed E-state index contributed by atoms with van der Waals surface area (Å²) in [6, 6.07) is 10.5. The first kappa shape index (κ1) is 25.4. The van der Waals surface area contributed by atoms with E-state index >= 15 is 0 Å². The molecule has 1 aromatic carbocycles. The van der Waals surface area contributed by atoms with E-state index < -0.39 is 16.1 Å². The summed E-state index contributed by atoms with van der Waals surface area (Å²) in [5.41, 5.74) is 10.1. The number of hydrogen-bond acceptors (Lipinski definition) is 8. The largest absolute Gasteiger partial charge is 0.393 e. The van der Waals surface area contributed by atoms with Crippen LogP contribution in [0, 0.1) is 6.92 Å². The van der Waals surface area contributed by atoms with Gasteiger partial charge < -0.3 is 10.8 Å². The number of benzene rings is 1. The average Bonchev–Trinajstić information content (AvgIpc) is 3.33. The molecule has 0 aliphatic rings. The molecule has 11 heteroatoms. The lowest BCUT2D eigenvalue weighted by molar-refractivity contribution is 0.162. The average molecular weight is 508 g/mol. The number of nitrogens with two attached hydrogens (primary N) is 1. The zero-order chi connectivity index (χ0) is 25.7. The van der Waals surface area contributed by atoms with Gasteiger partial charge in [0, 0.05) is 30.1 Å². The van der Waals surface area contributed by atoms with Gasteiger partial charge in [-0.1, -0.05) is 19.1 Å². The summed E-state index contributed by atoms with van der Waals surface area (Å²) >= 11 is 0. The highest BCUT2D eigenvalue weighted by Gasteiger charge is 2.18. The van der Waals surface area contributed by atoms with Gasteiger partial charge in [-0.25, -0.2) is 23.1 Å². The Morgan fingerprint density at radius 3 is 2.75 bits per heavy atom. The molecule has 4 rings (SSSR count). The fourth-order valence-corrected chi connectivity index (χ4v) is 4.74. The Morgan fingerprint density at radius 1 is 1.17 bits per heavy atom. The third-order valence-corrected chi connectivity index (χ3v) is 7.25. The van der Waals surface area contributed by atoms with Crippen molar-refractivity contribution in [3.05, 3.63) is 72.4 Å². The Morgan fingerprint density at radius 2 is 2.00 bits per heavy atom. The van der Waals surface area contributed by atoms with Crippen LogP contribution in [0.5, 0.6) is 0 Å². The molecule has 0 spiro atoms. The standard InChI is InChI=1S/C25H29N7O3S/c1-3-20(33)9-11-30-36(34,35)21-8-7-17(2)22(12-21)23-14-28-25(26)24(31-23)18-13-29-32(15-18)16-19-6-4-5-10-27-19/h4-8,10,12-15,20,30,33H,3,9,11,16H2,1-2H3,(H2,26,28). The minimum absolute atomic E-state index is 0.109. The van der Waals surface area contributed by atoms with Crippen molar-refractivity contribution in [2.75, 3.05) is 12.3 Å². The van der Waals surface area contributed by atoms with Crippen molar-refractivity contribution in [2.45, 2.75) is 44.2 Å². The zero-order valence-electron chi connectivity index (χ0n) is 20.2. The van der Waals surface area contributed by atoms with Gasteiger partial charge in [0.25, 0.3) is 0 Å². The maximum Gasteiger partial charge on any atom is 0.240 e. The Balaban J connectivity index is 1.61. The minimum atomic E-state index is -3.76. The molecule has 3 heterocycles. The van der Waals surface area contributed by atoms with Gasteiger partial charge in [0.2, 0.25) is 10.0 Å². The van der Waals surface area contributed by atoms with Gasteiger partial charge in [0.05, 0.1) is 41.3 Å². The van der Waals surface area contributed by atoms with Gasteiger partial charge in [-0.05, 0) is 49.6 Å². The van der Waals surface area contributed by atoms with E-state index in [0.717, 1.165) is 11.3 Å². The second kappa shape index (κ2) is 10.9. The molecule has 188 valence electrons. The van der Waals surface area contributed by atoms with E-state index in [0.29, 0.717) is 41.9 Å². The van der Waals surface area contributed by atoms with Crippen molar-refractivity contribution in [1.29, 1.82) is 0 Å². The highest BCUT2D eigenvalue weighted by atomic mass is 32.2. The monoisotopic (exact) mass is 507 g/mol. The maximum absolute atomic E-state index is 12.8. The van der Waals surface area contributed by atoms with Crippen molar-refractivity contribution in [1.82, 2.24) is 29.5 Å². The minimum Gasteiger partial charge on any atom is -0.393 e. The first-order valence-corrected chi connectivity index (χ1v) is 13.1. The van der Waals surface area contributed by atoms with Crippen molar-refractivity contribution in [3.8, 4) is 22.5 Å². The van der Waals surface area contributed by atoms with Crippen LogP contribution < -0.4 is 10.5 Å². The number of nitrogen functional groups attached to an aromatic ring is 1. The van der Waals surface area contributed by atoms with Crippen LogP contribution in [0.2, 0.25) is 0 Å². The molecule has 0 saturated carbocycles. The number of sulfonamides is 1. The quantitative estimate of drug-likeness (QED) is 0.297. The Bertz CT molecular complexity index is 1440. The molecule has 10 nitrogen and oxygen atoms in total. The van der Waals surface area contributed by atoms with Crippen molar-refractivity contribution >= 4 is 15.8 Å². The van der Waals surface area contributed by atoms with Gasteiger partial charge in [0.1, 0.15) is 11.5 Å².